The lowest BCUT2D eigenvalue weighted by Crippen LogP contribution is -2.26. The Morgan fingerprint density at radius 2 is 0.414 bits per heavy atom. The van der Waals surface area contributed by atoms with Gasteiger partial charge in [0.2, 0.25) is 0 Å². The van der Waals surface area contributed by atoms with Crippen LogP contribution in [0, 0.1) is 0 Å². The van der Waals surface area contributed by atoms with Crippen LogP contribution in [0.25, 0.3) is 89.0 Å². The molecule has 0 aliphatic heterocycles. The Hall–Kier alpha value is -11.1. The summed E-state index contributed by atoms with van der Waals surface area (Å²) in [5.74, 6) is 0.0393. The summed E-state index contributed by atoms with van der Waals surface area (Å²) in [5, 5.41) is 0. The quantitative estimate of drug-likeness (QED) is 0.110. The Bertz CT molecular complexity index is 4290. The summed E-state index contributed by atoms with van der Waals surface area (Å²) in [6, 6.07) is 130. The normalized spacial score (nSPS) is 12.3. The molecule has 0 bridgehead atoms. The van der Waals surface area contributed by atoms with Gasteiger partial charge in [-0.05, 0) is 176 Å². The molecule has 87 heavy (non-hydrogen) atoms. The summed E-state index contributed by atoms with van der Waals surface area (Å²) in [4.78, 5) is 2.37. The van der Waals surface area contributed by atoms with Crippen molar-refractivity contribution < 1.29 is 0 Å². The molecule has 0 radical (unpaired) electrons. The average molecular weight is 1110 g/mol. The lowest BCUT2D eigenvalue weighted by molar-refractivity contribution is 0.794. The van der Waals surface area contributed by atoms with Gasteiger partial charge >= 0.3 is 0 Å². The highest BCUT2D eigenvalue weighted by atomic mass is 15.1. The molecule has 0 heterocycles. The maximum absolute atomic E-state index is 2.51. The summed E-state index contributed by atoms with van der Waals surface area (Å²) in [6.07, 6.45) is 0. The molecule has 0 saturated heterocycles. The van der Waals surface area contributed by atoms with Crippen LogP contribution in [-0.2, 0) is 5.41 Å². The second kappa shape index (κ2) is 21.8. The van der Waals surface area contributed by atoms with E-state index < -0.39 is 5.41 Å². The number of rotatable bonds is 12. The van der Waals surface area contributed by atoms with Crippen LogP contribution in [0.5, 0.6) is 0 Å². The molecule has 16 rings (SSSR count). The third-order valence-electron chi connectivity index (χ3n) is 18.3. The first-order valence-corrected chi connectivity index (χ1v) is 30.2. The van der Waals surface area contributed by atoms with Gasteiger partial charge in [-0.2, -0.15) is 0 Å². The van der Waals surface area contributed by atoms with Gasteiger partial charge in [0.15, 0.2) is 0 Å². The third kappa shape index (κ3) is 9.12. The fourth-order valence-corrected chi connectivity index (χ4v) is 14.1. The van der Waals surface area contributed by atoms with E-state index in [0.717, 1.165) is 17.1 Å². The molecule has 2 aliphatic rings. The lowest BCUT2D eigenvalue weighted by atomic mass is 9.70. The zero-order chi connectivity index (χ0) is 57.7. The molecule has 0 saturated carbocycles. The SMILES string of the molecule is c1ccc(-c2ccc(C(c3ccc(-c4ccccc4)cc3)c3ccc(-c4ccc5c(c4)C4(c6ccccc6-c6ccccc64)c4cc(-c6ccc(N(c7ccc(-c8ccccc8)cc7)c7ccc(-c8ccccc8)cc7)cc6)ccc4-5)cc3)cc2)cc1. The van der Waals surface area contributed by atoms with E-state index in [2.05, 4.69) is 357 Å². The van der Waals surface area contributed by atoms with Crippen LogP contribution in [0.15, 0.2) is 352 Å². The van der Waals surface area contributed by atoms with E-state index >= 15 is 0 Å². The van der Waals surface area contributed by atoms with Gasteiger partial charge in [-0.15, -0.1) is 0 Å². The van der Waals surface area contributed by atoms with Gasteiger partial charge in [0.05, 0.1) is 5.41 Å². The van der Waals surface area contributed by atoms with Crippen molar-refractivity contribution in [2.75, 3.05) is 4.90 Å². The molecule has 2 aliphatic carbocycles. The Labute approximate surface area is 510 Å². The van der Waals surface area contributed by atoms with Crippen molar-refractivity contribution in [1.29, 1.82) is 0 Å². The average Bonchev–Trinajstić information content (AvgIpc) is 1.53. The predicted octanol–water partition coefficient (Wildman–Crippen LogP) is 22.7. The Morgan fingerprint density at radius 3 is 0.724 bits per heavy atom. The summed E-state index contributed by atoms with van der Waals surface area (Å²) in [7, 11) is 0. The monoisotopic (exact) mass is 1110 g/mol. The van der Waals surface area contributed by atoms with Crippen molar-refractivity contribution in [2.45, 2.75) is 11.3 Å². The van der Waals surface area contributed by atoms with Gasteiger partial charge in [0, 0.05) is 23.0 Å². The van der Waals surface area contributed by atoms with Crippen LogP contribution in [0.3, 0.4) is 0 Å². The fourth-order valence-electron chi connectivity index (χ4n) is 14.1. The molecule has 14 aromatic carbocycles. The van der Waals surface area contributed by atoms with E-state index in [1.54, 1.807) is 0 Å². The van der Waals surface area contributed by atoms with E-state index in [4.69, 9.17) is 0 Å². The second-order valence-corrected chi connectivity index (χ2v) is 23.1. The Morgan fingerprint density at radius 1 is 0.184 bits per heavy atom. The lowest BCUT2D eigenvalue weighted by Gasteiger charge is -2.31. The van der Waals surface area contributed by atoms with E-state index in [-0.39, 0.29) is 5.92 Å². The highest BCUT2D eigenvalue weighted by molar-refractivity contribution is 5.97. The number of nitrogens with zero attached hydrogens (tertiary/aromatic N) is 1. The Balaban J connectivity index is 0.767. The zero-order valence-electron chi connectivity index (χ0n) is 48.0. The van der Waals surface area contributed by atoms with Crippen LogP contribution < -0.4 is 4.90 Å². The van der Waals surface area contributed by atoms with Gasteiger partial charge in [0.25, 0.3) is 0 Å². The molecular formula is C86H59N. The maximum atomic E-state index is 2.51. The van der Waals surface area contributed by atoms with Gasteiger partial charge < -0.3 is 4.90 Å². The molecule has 408 valence electrons. The molecule has 0 atom stereocenters. The molecule has 0 N–H and O–H groups in total. The molecular weight excluding hydrogens is 1050 g/mol. The summed E-state index contributed by atoms with van der Waals surface area (Å²) < 4.78 is 0. The summed E-state index contributed by atoms with van der Waals surface area (Å²) in [6.45, 7) is 0. The molecule has 1 spiro atoms. The highest BCUT2D eigenvalue weighted by Gasteiger charge is 2.51. The zero-order valence-corrected chi connectivity index (χ0v) is 48.0. The Kier molecular flexibility index (Phi) is 12.9. The highest BCUT2D eigenvalue weighted by Crippen LogP contribution is 2.63. The van der Waals surface area contributed by atoms with Crippen molar-refractivity contribution in [1.82, 2.24) is 0 Å². The third-order valence-corrected chi connectivity index (χ3v) is 18.3. The standard InChI is InChI=1S/C86H59N/c1-5-17-59(18-6-1)63-29-35-69(36-30-63)85(70-37-31-64(32-38-70)60-19-7-2-8-20-60)71-39-33-67(34-40-71)72-47-55-79-80-56-48-73(58-84(80)86(83(79)57-72)81-27-15-13-25-77(81)78-26-14-16-28-82(78)86)68-45-53-76(54-46-68)87(74-49-41-65(42-50-74)61-21-9-3-10-22-61)75-51-43-66(44-52-75)62-23-11-4-12-24-62/h1-58,85H. The summed E-state index contributed by atoms with van der Waals surface area (Å²) in [5.41, 5.74) is 31.4. The van der Waals surface area contributed by atoms with Crippen LogP contribution in [-0.4, -0.2) is 0 Å². The maximum Gasteiger partial charge on any atom is 0.0725 e. The van der Waals surface area contributed by atoms with Crippen LogP contribution in [0.4, 0.5) is 17.1 Å². The molecule has 1 heteroatoms. The fraction of sp³-hybridized carbons (Fsp3) is 0.0233. The van der Waals surface area contributed by atoms with E-state index in [1.165, 1.54) is 128 Å². The van der Waals surface area contributed by atoms with Crippen molar-refractivity contribution in [2.24, 2.45) is 0 Å². The first-order valence-electron chi connectivity index (χ1n) is 30.2. The van der Waals surface area contributed by atoms with Gasteiger partial charge in [0.1, 0.15) is 0 Å². The first-order chi connectivity index (χ1) is 43.1. The first kappa shape index (κ1) is 51.5. The topological polar surface area (TPSA) is 3.24 Å². The molecule has 0 aromatic heterocycles. The minimum absolute atomic E-state index is 0.0393. The number of benzene rings is 14. The number of hydrogen-bond acceptors (Lipinski definition) is 1. The minimum atomic E-state index is -0.526. The van der Waals surface area contributed by atoms with Crippen LogP contribution in [0.1, 0.15) is 44.9 Å². The van der Waals surface area contributed by atoms with Crippen LogP contribution >= 0.6 is 0 Å². The number of hydrogen-bond donors (Lipinski definition) is 0. The molecule has 1 nitrogen and oxygen atoms in total. The number of anilines is 3. The largest absolute Gasteiger partial charge is 0.311 e. The minimum Gasteiger partial charge on any atom is -0.311 e. The van der Waals surface area contributed by atoms with Crippen molar-refractivity contribution >= 4 is 17.1 Å². The summed E-state index contributed by atoms with van der Waals surface area (Å²) >= 11 is 0. The van der Waals surface area contributed by atoms with E-state index in [9.17, 15) is 0 Å². The molecule has 0 fully saturated rings. The van der Waals surface area contributed by atoms with Gasteiger partial charge in [-0.1, -0.05) is 303 Å². The molecule has 14 aromatic rings. The van der Waals surface area contributed by atoms with E-state index in [1.807, 2.05) is 0 Å². The molecule has 0 amide bonds. The van der Waals surface area contributed by atoms with Gasteiger partial charge in [-0.3, -0.25) is 0 Å². The van der Waals surface area contributed by atoms with Crippen molar-refractivity contribution in [3.8, 4) is 89.0 Å². The van der Waals surface area contributed by atoms with Crippen molar-refractivity contribution in [3.05, 3.63) is 391 Å². The smallest absolute Gasteiger partial charge is 0.0725 e. The number of fused-ring (bicyclic) bond motifs is 10. The van der Waals surface area contributed by atoms with Crippen molar-refractivity contribution in [3.63, 3.8) is 0 Å². The molecule has 0 unspecified atom stereocenters. The van der Waals surface area contributed by atoms with Gasteiger partial charge in [-0.25, -0.2) is 0 Å². The second-order valence-electron chi connectivity index (χ2n) is 23.1. The predicted molar refractivity (Wildman–Crippen MR) is 364 cm³/mol. The van der Waals surface area contributed by atoms with E-state index in [0.29, 0.717) is 0 Å². The van der Waals surface area contributed by atoms with Crippen LogP contribution in [0.2, 0.25) is 0 Å².